The highest BCUT2D eigenvalue weighted by Gasteiger charge is 2.17. The molecule has 0 amide bonds. The predicted molar refractivity (Wildman–Crippen MR) is 63.2 cm³/mol. The van der Waals surface area contributed by atoms with Crippen LogP contribution < -0.4 is 0 Å². The molecule has 1 aromatic rings. The van der Waals surface area contributed by atoms with Gasteiger partial charge in [-0.2, -0.15) is 0 Å². The summed E-state index contributed by atoms with van der Waals surface area (Å²) in [6, 6.07) is 7.26. The highest BCUT2D eigenvalue weighted by molar-refractivity contribution is 6.31. The van der Waals surface area contributed by atoms with Gasteiger partial charge in [0.05, 0.1) is 13.0 Å². The average molecular weight is 229 g/mol. The molecule has 84 valence electrons. The largest absolute Gasteiger partial charge is 0.469 e. The summed E-state index contributed by atoms with van der Waals surface area (Å²) < 4.78 is 4.62. The van der Waals surface area contributed by atoms with E-state index < -0.39 is 0 Å². The van der Waals surface area contributed by atoms with Crippen molar-refractivity contribution in [1.82, 2.24) is 0 Å². The number of hydrogen-bond acceptors (Lipinski definition) is 2. The van der Waals surface area contributed by atoms with Crippen molar-refractivity contribution in [1.29, 1.82) is 0 Å². The monoisotopic (exact) mass is 228 g/mol. The minimum atomic E-state index is -0.307. The van der Waals surface area contributed by atoms with Crippen LogP contribution in [0.3, 0.4) is 0 Å². The van der Waals surface area contributed by atoms with Crippen LogP contribution in [0.1, 0.15) is 32.3 Å². The number of methoxy groups -OCH3 is 1. The van der Waals surface area contributed by atoms with E-state index >= 15 is 0 Å². The second-order valence-electron chi connectivity index (χ2n) is 2.77. The molecule has 1 aromatic carbocycles. The van der Waals surface area contributed by atoms with E-state index in [1.165, 1.54) is 7.11 Å². The highest BCUT2D eigenvalue weighted by atomic mass is 35.5. The predicted octanol–water partition coefficient (Wildman–Crippen LogP) is 3.64. The third kappa shape index (κ3) is 3.92. The van der Waals surface area contributed by atoms with Gasteiger partial charge in [-0.3, -0.25) is 4.79 Å². The normalized spacial score (nSPS) is 11.0. The molecule has 0 fully saturated rings. The Morgan fingerprint density at radius 1 is 1.33 bits per heavy atom. The zero-order valence-corrected chi connectivity index (χ0v) is 10.3. The van der Waals surface area contributed by atoms with E-state index in [1.807, 2.05) is 32.0 Å². The van der Waals surface area contributed by atoms with Crippen molar-refractivity contribution in [2.45, 2.75) is 26.7 Å². The summed E-state index contributed by atoms with van der Waals surface area (Å²) in [6.07, 6.45) is 0. The fraction of sp³-hybridized carbons (Fsp3) is 0.417. The smallest absolute Gasteiger partial charge is 0.312 e. The quantitative estimate of drug-likeness (QED) is 0.723. The van der Waals surface area contributed by atoms with Gasteiger partial charge in [-0.05, 0) is 18.6 Å². The van der Waals surface area contributed by atoms with Gasteiger partial charge in [0.25, 0.3) is 0 Å². The van der Waals surface area contributed by atoms with E-state index in [0.717, 1.165) is 5.56 Å². The zero-order chi connectivity index (χ0) is 11.8. The summed E-state index contributed by atoms with van der Waals surface area (Å²) in [7, 11) is 1.37. The maximum atomic E-state index is 11.2. The van der Waals surface area contributed by atoms with Crippen LogP contribution in [0.2, 0.25) is 5.02 Å². The molecule has 1 atom stereocenters. The molecule has 0 aliphatic heterocycles. The molecule has 0 radical (unpaired) electrons. The van der Waals surface area contributed by atoms with Crippen LogP contribution in [0.25, 0.3) is 0 Å². The lowest BCUT2D eigenvalue weighted by atomic mass is 10.0. The van der Waals surface area contributed by atoms with Crippen LogP contribution in [-0.2, 0) is 9.53 Å². The Morgan fingerprint density at radius 2 is 1.87 bits per heavy atom. The van der Waals surface area contributed by atoms with E-state index in [2.05, 4.69) is 4.74 Å². The molecule has 0 aliphatic carbocycles. The van der Waals surface area contributed by atoms with Gasteiger partial charge in [-0.1, -0.05) is 43.6 Å². The van der Waals surface area contributed by atoms with E-state index in [4.69, 9.17) is 11.6 Å². The van der Waals surface area contributed by atoms with Crippen molar-refractivity contribution >= 4 is 17.6 Å². The summed E-state index contributed by atoms with van der Waals surface area (Å²) in [5.74, 6) is -0.577. The number of carbonyl (C=O) groups excluding carboxylic acids is 1. The van der Waals surface area contributed by atoms with Crippen LogP contribution in [0.4, 0.5) is 0 Å². The minimum absolute atomic E-state index is 0.270. The van der Waals surface area contributed by atoms with Gasteiger partial charge in [-0.25, -0.2) is 0 Å². The fourth-order valence-electron chi connectivity index (χ4n) is 1.13. The van der Waals surface area contributed by atoms with Crippen molar-refractivity contribution in [3.63, 3.8) is 0 Å². The van der Waals surface area contributed by atoms with Crippen molar-refractivity contribution in [2.24, 2.45) is 0 Å². The summed E-state index contributed by atoms with van der Waals surface area (Å²) >= 11 is 5.91. The van der Waals surface area contributed by atoms with E-state index in [1.54, 1.807) is 13.0 Å². The molecular weight excluding hydrogens is 212 g/mol. The number of benzene rings is 1. The molecule has 0 N–H and O–H groups in total. The Bertz CT molecular complexity index is 310. The van der Waals surface area contributed by atoms with Gasteiger partial charge in [0, 0.05) is 5.02 Å². The lowest BCUT2D eigenvalue weighted by Crippen LogP contribution is -2.10. The van der Waals surface area contributed by atoms with Gasteiger partial charge in [-0.15, -0.1) is 0 Å². The Balaban J connectivity index is 0.000000921. The number of rotatable bonds is 2. The molecule has 0 saturated carbocycles. The Morgan fingerprint density at radius 3 is 2.33 bits per heavy atom. The number of hydrogen-bond donors (Lipinski definition) is 0. The molecule has 1 rings (SSSR count). The topological polar surface area (TPSA) is 26.3 Å². The maximum absolute atomic E-state index is 11.2. The summed E-state index contributed by atoms with van der Waals surface area (Å²) in [6.45, 7) is 5.77. The highest BCUT2D eigenvalue weighted by Crippen LogP contribution is 2.24. The van der Waals surface area contributed by atoms with Gasteiger partial charge < -0.3 is 4.74 Å². The van der Waals surface area contributed by atoms with Crippen molar-refractivity contribution in [3.05, 3.63) is 34.9 Å². The number of halogens is 1. The first kappa shape index (κ1) is 14.0. The second-order valence-corrected chi connectivity index (χ2v) is 3.17. The number of esters is 1. The molecule has 1 unspecified atom stereocenters. The van der Waals surface area contributed by atoms with Crippen LogP contribution in [-0.4, -0.2) is 13.1 Å². The van der Waals surface area contributed by atoms with E-state index in [9.17, 15) is 4.79 Å². The van der Waals surface area contributed by atoms with E-state index in [-0.39, 0.29) is 11.9 Å². The molecule has 0 heterocycles. The van der Waals surface area contributed by atoms with Gasteiger partial charge >= 0.3 is 5.97 Å². The summed E-state index contributed by atoms with van der Waals surface area (Å²) in [5, 5.41) is 0.598. The molecule has 15 heavy (non-hydrogen) atoms. The summed E-state index contributed by atoms with van der Waals surface area (Å²) in [5.41, 5.74) is 0.802. The molecule has 0 saturated heterocycles. The van der Waals surface area contributed by atoms with Gasteiger partial charge in [0.15, 0.2) is 0 Å². The minimum Gasteiger partial charge on any atom is -0.469 e. The molecule has 0 bridgehead atoms. The first-order chi connectivity index (χ1) is 7.16. The first-order valence-corrected chi connectivity index (χ1v) is 5.37. The third-order valence-electron chi connectivity index (χ3n) is 1.93. The molecule has 3 heteroatoms. The fourth-order valence-corrected chi connectivity index (χ4v) is 1.43. The molecule has 0 spiro atoms. The second kappa shape index (κ2) is 7.30. The number of carbonyl (C=O) groups is 1. The van der Waals surface area contributed by atoms with Gasteiger partial charge in [0.1, 0.15) is 0 Å². The Labute approximate surface area is 96.2 Å². The number of ether oxygens (including phenoxy) is 1. The molecule has 0 aromatic heterocycles. The van der Waals surface area contributed by atoms with Crippen LogP contribution in [0.15, 0.2) is 24.3 Å². The molecule has 0 aliphatic rings. The van der Waals surface area contributed by atoms with Crippen molar-refractivity contribution in [3.8, 4) is 0 Å². The summed E-state index contributed by atoms with van der Waals surface area (Å²) in [4.78, 5) is 11.2. The Hall–Kier alpha value is -1.02. The van der Waals surface area contributed by atoms with E-state index in [0.29, 0.717) is 5.02 Å². The van der Waals surface area contributed by atoms with Crippen molar-refractivity contribution in [2.75, 3.05) is 7.11 Å². The third-order valence-corrected chi connectivity index (χ3v) is 2.27. The van der Waals surface area contributed by atoms with Crippen LogP contribution >= 0.6 is 11.6 Å². The van der Waals surface area contributed by atoms with Gasteiger partial charge in [0.2, 0.25) is 0 Å². The lowest BCUT2D eigenvalue weighted by Gasteiger charge is -2.10. The molecule has 2 nitrogen and oxygen atoms in total. The zero-order valence-electron chi connectivity index (χ0n) is 9.58. The standard InChI is InChI=1S/C10H11ClO2.C2H6/c1-7(10(12)13-2)8-5-3-4-6-9(8)11;1-2/h3-7H,1-2H3;1-2H3. The van der Waals surface area contributed by atoms with Crippen LogP contribution in [0.5, 0.6) is 0 Å². The first-order valence-electron chi connectivity index (χ1n) is 4.99. The van der Waals surface area contributed by atoms with Crippen molar-refractivity contribution < 1.29 is 9.53 Å². The average Bonchev–Trinajstić information content (AvgIpc) is 2.30. The molecular formula is C12H17ClO2. The SMILES string of the molecule is CC.COC(=O)C(C)c1ccccc1Cl. The Kier molecular flexibility index (Phi) is 6.80. The lowest BCUT2D eigenvalue weighted by molar-refractivity contribution is -0.141. The van der Waals surface area contributed by atoms with Crippen LogP contribution in [0, 0.1) is 0 Å². The maximum Gasteiger partial charge on any atom is 0.312 e.